The maximum atomic E-state index is 11.7. The molecule has 0 amide bonds. The maximum absolute atomic E-state index is 11.7. The molecule has 8 nitrogen and oxygen atoms in total. The van der Waals surface area contributed by atoms with Gasteiger partial charge in [0.1, 0.15) is 24.4 Å². The molecule has 12 atom stereocenters. The van der Waals surface area contributed by atoms with Crippen molar-refractivity contribution >= 4 is 23.9 Å². The Balaban J connectivity index is 0.000000161. The minimum absolute atomic E-state index is 0.0393. The van der Waals surface area contributed by atoms with Crippen LogP contribution in [0.4, 0.5) is 0 Å². The molecule has 0 heterocycles. The summed E-state index contributed by atoms with van der Waals surface area (Å²) in [5, 5.41) is 0. The standard InChI is InChI=1S/2C16H22O4/c1-8(2)16(18)20-15-5-10-4-14(15)13-7-11(6-12(10)13)19-9(3)17;1-8(2)16(18)20-13-5-4-11-12-6-10(15(11)13)7-14(12)19-9(3)17/h2*10-15H,1,4-7H2,2-3H3. The van der Waals surface area contributed by atoms with Crippen LogP contribution in [0.3, 0.4) is 0 Å². The Hall–Kier alpha value is -2.64. The van der Waals surface area contributed by atoms with Gasteiger partial charge in [0.15, 0.2) is 0 Å². The molecule has 0 aromatic carbocycles. The molecule has 0 radical (unpaired) electrons. The largest absolute Gasteiger partial charge is 0.463 e. The minimum atomic E-state index is -0.270. The number of esters is 4. The third kappa shape index (κ3) is 5.60. The molecule has 4 bridgehead atoms. The van der Waals surface area contributed by atoms with Crippen molar-refractivity contribution in [2.75, 3.05) is 0 Å². The Labute approximate surface area is 237 Å². The lowest BCUT2D eigenvalue weighted by Gasteiger charge is -2.33. The number of rotatable bonds is 6. The fourth-order valence-electron chi connectivity index (χ4n) is 9.39. The molecular formula is C32H44O8. The fraction of sp³-hybridized carbons (Fsp3) is 0.750. The summed E-state index contributed by atoms with van der Waals surface area (Å²) in [6, 6.07) is 0. The zero-order valence-electron chi connectivity index (χ0n) is 24.3. The zero-order chi connectivity index (χ0) is 28.9. The molecule has 6 aliphatic rings. The molecule has 40 heavy (non-hydrogen) atoms. The van der Waals surface area contributed by atoms with Gasteiger partial charge in [0.25, 0.3) is 0 Å². The van der Waals surface area contributed by atoms with Crippen molar-refractivity contribution in [1.82, 2.24) is 0 Å². The van der Waals surface area contributed by atoms with Gasteiger partial charge in [-0.1, -0.05) is 13.2 Å². The van der Waals surface area contributed by atoms with Gasteiger partial charge in [-0.05, 0) is 107 Å². The van der Waals surface area contributed by atoms with E-state index in [1.165, 1.54) is 13.8 Å². The number of hydrogen-bond acceptors (Lipinski definition) is 8. The molecular weight excluding hydrogens is 512 g/mol. The predicted octanol–water partition coefficient (Wildman–Crippen LogP) is 4.94. The van der Waals surface area contributed by atoms with Gasteiger partial charge >= 0.3 is 23.9 Å². The second kappa shape index (κ2) is 11.3. The van der Waals surface area contributed by atoms with Crippen molar-refractivity contribution < 1.29 is 38.1 Å². The third-order valence-corrected chi connectivity index (χ3v) is 10.6. The fourth-order valence-corrected chi connectivity index (χ4v) is 9.39. The summed E-state index contributed by atoms with van der Waals surface area (Å²) in [5.41, 5.74) is 0.933. The smallest absolute Gasteiger partial charge is 0.333 e. The normalized spacial score (nSPS) is 41.3. The number of carbonyl (C=O) groups is 4. The predicted molar refractivity (Wildman–Crippen MR) is 145 cm³/mol. The summed E-state index contributed by atoms with van der Waals surface area (Å²) < 4.78 is 22.0. The van der Waals surface area contributed by atoms with Crippen LogP contribution in [0.25, 0.3) is 0 Å². The van der Waals surface area contributed by atoms with E-state index in [-0.39, 0.29) is 48.3 Å². The molecule has 12 unspecified atom stereocenters. The van der Waals surface area contributed by atoms with E-state index in [1.54, 1.807) is 13.8 Å². The summed E-state index contributed by atoms with van der Waals surface area (Å²) in [7, 11) is 0. The van der Waals surface area contributed by atoms with Crippen LogP contribution in [0.1, 0.15) is 79.1 Å². The van der Waals surface area contributed by atoms with E-state index in [0.29, 0.717) is 58.5 Å². The van der Waals surface area contributed by atoms with E-state index in [9.17, 15) is 19.2 Å². The van der Waals surface area contributed by atoms with Gasteiger partial charge < -0.3 is 18.9 Å². The van der Waals surface area contributed by atoms with Crippen LogP contribution >= 0.6 is 0 Å². The monoisotopic (exact) mass is 556 g/mol. The summed E-state index contributed by atoms with van der Waals surface area (Å²) in [6.45, 7) is 13.6. The maximum Gasteiger partial charge on any atom is 0.333 e. The molecule has 0 spiro atoms. The highest BCUT2D eigenvalue weighted by Gasteiger charge is 2.60. The van der Waals surface area contributed by atoms with Crippen molar-refractivity contribution in [1.29, 1.82) is 0 Å². The summed E-state index contributed by atoms with van der Waals surface area (Å²) in [5.74, 6) is 3.43. The topological polar surface area (TPSA) is 105 Å². The zero-order valence-corrected chi connectivity index (χ0v) is 24.3. The number of fused-ring (bicyclic) bond motifs is 10. The SMILES string of the molecule is C=C(C)C(=O)OC1CC2CC1C1CC(OC(C)=O)CC21.C=C(C)C(=O)OC1CCC2C3CC(CC3OC(C)=O)C12. The van der Waals surface area contributed by atoms with E-state index in [4.69, 9.17) is 18.9 Å². The second-order valence-corrected chi connectivity index (χ2v) is 13.2. The van der Waals surface area contributed by atoms with E-state index >= 15 is 0 Å². The molecule has 6 aliphatic carbocycles. The minimum Gasteiger partial charge on any atom is -0.463 e. The van der Waals surface area contributed by atoms with Crippen LogP contribution in [0.2, 0.25) is 0 Å². The van der Waals surface area contributed by atoms with Gasteiger partial charge in [0.05, 0.1) is 0 Å². The Bertz CT molecular complexity index is 1080. The highest BCUT2D eigenvalue weighted by atomic mass is 16.6. The van der Waals surface area contributed by atoms with Crippen LogP contribution in [0, 0.1) is 47.3 Å². The Kier molecular flexibility index (Phi) is 8.17. The molecule has 0 aromatic rings. The van der Waals surface area contributed by atoms with Gasteiger partial charge in [-0.2, -0.15) is 0 Å². The van der Waals surface area contributed by atoms with Crippen molar-refractivity contribution in [3.8, 4) is 0 Å². The molecule has 0 N–H and O–H groups in total. The number of carbonyl (C=O) groups excluding carboxylic acids is 4. The van der Waals surface area contributed by atoms with Crippen LogP contribution < -0.4 is 0 Å². The quantitative estimate of drug-likeness (QED) is 0.257. The summed E-state index contributed by atoms with van der Waals surface area (Å²) >= 11 is 0. The molecule has 0 saturated heterocycles. The Morgan fingerprint density at radius 1 is 0.525 bits per heavy atom. The third-order valence-electron chi connectivity index (χ3n) is 10.6. The summed E-state index contributed by atoms with van der Waals surface area (Å²) in [6.07, 6.45) is 8.39. The van der Waals surface area contributed by atoms with Crippen LogP contribution in [-0.4, -0.2) is 48.3 Å². The van der Waals surface area contributed by atoms with Crippen molar-refractivity contribution in [3.05, 3.63) is 24.3 Å². The highest BCUT2D eigenvalue weighted by molar-refractivity contribution is 5.87. The molecule has 6 saturated carbocycles. The van der Waals surface area contributed by atoms with Crippen LogP contribution in [0.15, 0.2) is 24.3 Å². The van der Waals surface area contributed by atoms with Gasteiger partial charge in [-0.3, -0.25) is 9.59 Å². The number of hydrogen-bond donors (Lipinski definition) is 0. The molecule has 6 fully saturated rings. The van der Waals surface area contributed by atoms with Gasteiger partial charge in [0, 0.05) is 30.9 Å². The first-order valence-electron chi connectivity index (χ1n) is 15.0. The van der Waals surface area contributed by atoms with E-state index in [0.717, 1.165) is 51.4 Å². The lowest BCUT2D eigenvalue weighted by atomic mass is 9.79. The molecule has 6 rings (SSSR count). The Morgan fingerprint density at radius 2 is 1.05 bits per heavy atom. The average Bonchev–Trinajstić information content (AvgIpc) is 3.67. The van der Waals surface area contributed by atoms with Gasteiger partial charge in [-0.25, -0.2) is 9.59 Å². The van der Waals surface area contributed by atoms with Crippen molar-refractivity contribution in [2.24, 2.45) is 47.3 Å². The lowest BCUT2D eigenvalue weighted by Crippen LogP contribution is -2.36. The molecule has 0 aliphatic heterocycles. The van der Waals surface area contributed by atoms with E-state index in [2.05, 4.69) is 13.2 Å². The molecule has 0 aromatic heterocycles. The summed E-state index contributed by atoms with van der Waals surface area (Å²) in [4.78, 5) is 45.6. The van der Waals surface area contributed by atoms with Gasteiger partial charge in [-0.15, -0.1) is 0 Å². The lowest BCUT2D eigenvalue weighted by molar-refractivity contribution is -0.152. The van der Waals surface area contributed by atoms with Crippen LogP contribution in [0.5, 0.6) is 0 Å². The first kappa shape index (κ1) is 28.9. The van der Waals surface area contributed by atoms with Crippen molar-refractivity contribution in [2.45, 2.75) is 103 Å². The van der Waals surface area contributed by atoms with E-state index < -0.39 is 0 Å². The first-order chi connectivity index (χ1) is 18.9. The van der Waals surface area contributed by atoms with Crippen molar-refractivity contribution in [3.63, 3.8) is 0 Å². The second-order valence-electron chi connectivity index (χ2n) is 13.2. The molecule has 8 heteroatoms. The van der Waals surface area contributed by atoms with Gasteiger partial charge in [0.2, 0.25) is 0 Å². The number of ether oxygens (including phenoxy) is 4. The van der Waals surface area contributed by atoms with E-state index in [1.807, 2.05) is 0 Å². The molecule has 220 valence electrons. The average molecular weight is 557 g/mol. The first-order valence-corrected chi connectivity index (χ1v) is 15.0. The van der Waals surface area contributed by atoms with Crippen LogP contribution in [-0.2, 0) is 38.1 Å². The Morgan fingerprint density at radius 3 is 1.68 bits per heavy atom. The highest BCUT2D eigenvalue weighted by Crippen LogP contribution is 2.61.